The number of nitro benzene ring substituents is 1. The maximum atomic E-state index is 12.8. The zero-order valence-electron chi connectivity index (χ0n) is 12.7. The van der Waals surface area contributed by atoms with Crippen LogP contribution in [-0.4, -0.2) is 40.5 Å². The van der Waals surface area contributed by atoms with Crippen LogP contribution in [-0.2, 0) is 0 Å². The molecular weight excluding hydrogens is 346 g/mol. The van der Waals surface area contributed by atoms with Gasteiger partial charge >= 0.3 is 0 Å². The summed E-state index contributed by atoms with van der Waals surface area (Å²) in [5, 5.41) is 23.8. The molecule has 0 amide bonds. The van der Waals surface area contributed by atoms with E-state index in [0.29, 0.717) is 10.7 Å². The van der Waals surface area contributed by atoms with E-state index in [1.807, 2.05) is 6.26 Å². The van der Waals surface area contributed by atoms with Crippen molar-refractivity contribution >= 4 is 34.3 Å². The summed E-state index contributed by atoms with van der Waals surface area (Å²) in [5.74, 6) is 0.277. The average molecular weight is 355 g/mol. The second-order valence-corrected chi connectivity index (χ2v) is 5.75. The maximum Gasteiger partial charge on any atom is 0.293 e. The molecule has 4 aromatic rings. The number of pyridine rings is 1. The minimum absolute atomic E-state index is 0.0469. The second kappa shape index (κ2) is 5.63. The third-order valence-corrected chi connectivity index (χ3v) is 4.14. The third-order valence-electron chi connectivity index (χ3n) is 3.60. The van der Waals surface area contributed by atoms with Crippen LogP contribution in [0.25, 0.3) is 22.5 Å². The Labute approximate surface area is 143 Å². The molecule has 0 aliphatic heterocycles. The fraction of sp³-hybridized carbons (Fsp3) is 0.0714. The number of thioether (sulfide) groups is 1. The largest absolute Gasteiger partial charge is 0.293 e. The van der Waals surface area contributed by atoms with E-state index in [2.05, 4.69) is 20.3 Å². The van der Waals surface area contributed by atoms with Crippen molar-refractivity contribution in [1.82, 2.24) is 29.4 Å². The van der Waals surface area contributed by atoms with Crippen molar-refractivity contribution in [3.8, 4) is 5.69 Å². The zero-order chi connectivity index (χ0) is 17.6. The number of para-hydroxylation sites is 2. The molecule has 0 bridgehead atoms. The lowest BCUT2D eigenvalue weighted by Gasteiger charge is -2.07. The molecule has 0 spiro atoms. The summed E-state index contributed by atoms with van der Waals surface area (Å²) in [6.45, 7) is 0. The quantitative estimate of drug-likeness (QED) is 0.307. The van der Waals surface area contributed by atoms with Crippen LogP contribution < -0.4 is 5.56 Å². The number of rotatable bonds is 3. The minimum Gasteiger partial charge on any atom is -0.276 e. The molecule has 1 aromatic carbocycles. The molecule has 11 heteroatoms. The van der Waals surface area contributed by atoms with Gasteiger partial charge in [0.05, 0.1) is 4.92 Å². The Balaban J connectivity index is 2.03. The van der Waals surface area contributed by atoms with E-state index in [0.717, 1.165) is 0 Å². The Bertz CT molecular complexity index is 1200. The smallest absolute Gasteiger partial charge is 0.276 e. The van der Waals surface area contributed by atoms with Crippen LogP contribution in [0.5, 0.6) is 0 Å². The molecule has 3 heterocycles. The van der Waals surface area contributed by atoms with E-state index in [1.54, 1.807) is 12.1 Å². The third kappa shape index (κ3) is 2.32. The van der Waals surface area contributed by atoms with Crippen LogP contribution in [0.15, 0.2) is 46.5 Å². The SMILES string of the molecule is CSc1nc2nnc3c(=O)n(-c4ccccc4[N+](=O)[O-])ccc3n2n1. The predicted octanol–water partition coefficient (Wildman–Crippen LogP) is 1.45. The van der Waals surface area contributed by atoms with Gasteiger partial charge in [0.1, 0.15) is 11.2 Å². The maximum absolute atomic E-state index is 12.8. The first kappa shape index (κ1) is 15.2. The molecule has 124 valence electrons. The van der Waals surface area contributed by atoms with Gasteiger partial charge in [-0.3, -0.25) is 19.5 Å². The lowest BCUT2D eigenvalue weighted by Crippen LogP contribution is -2.21. The Morgan fingerprint density at radius 2 is 2.00 bits per heavy atom. The molecule has 0 aliphatic carbocycles. The summed E-state index contributed by atoms with van der Waals surface area (Å²) in [4.78, 5) is 27.6. The van der Waals surface area contributed by atoms with Crippen molar-refractivity contribution in [3.63, 3.8) is 0 Å². The molecule has 0 atom stereocenters. The standard InChI is InChI=1S/C14H9N7O3S/c1-25-14-15-13-17-16-11-10(20(13)18-14)6-7-19(12(11)22)8-4-2-3-5-9(8)21(23)24/h2-7H,1H3. The van der Waals surface area contributed by atoms with Crippen molar-refractivity contribution in [1.29, 1.82) is 0 Å². The summed E-state index contributed by atoms with van der Waals surface area (Å²) in [7, 11) is 0. The van der Waals surface area contributed by atoms with E-state index in [4.69, 9.17) is 0 Å². The van der Waals surface area contributed by atoms with E-state index in [9.17, 15) is 14.9 Å². The number of benzene rings is 1. The van der Waals surface area contributed by atoms with E-state index in [1.165, 1.54) is 45.2 Å². The molecule has 4 rings (SSSR count). The number of nitro groups is 1. The predicted molar refractivity (Wildman–Crippen MR) is 90.1 cm³/mol. The number of fused-ring (bicyclic) bond motifs is 3. The summed E-state index contributed by atoms with van der Waals surface area (Å²) in [6.07, 6.45) is 3.28. The van der Waals surface area contributed by atoms with E-state index < -0.39 is 10.5 Å². The van der Waals surface area contributed by atoms with Crippen LogP contribution in [0.4, 0.5) is 5.69 Å². The van der Waals surface area contributed by atoms with Gasteiger partial charge in [0.15, 0.2) is 5.52 Å². The molecule has 25 heavy (non-hydrogen) atoms. The summed E-state index contributed by atoms with van der Waals surface area (Å²) in [6, 6.07) is 7.60. The Kier molecular flexibility index (Phi) is 3.42. The zero-order valence-corrected chi connectivity index (χ0v) is 13.5. The molecule has 0 saturated heterocycles. The Hall–Kier alpha value is -3.34. The van der Waals surface area contributed by atoms with Gasteiger partial charge in [-0.05, 0) is 18.4 Å². The summed E-state index contributed by atoms with van der Waals surface area (Å²) < 4.78 is 2.60. The van der Waals surface area contributed by atoms with Gasteiger partial charge in [-0.2, -0.15) is 9.50 Å². The molecule has 0 N–H and O–H groups in total. The summed E-state index contributed by atoms with van der Waals surface area (Å²) >= 11 is 1.34. The summed E-state index contributed by atoms with van der Waals surface area (Å²) in [5.41, 5.74) is -0.0705. The minimum atomic E-state index is -0.539. The Morgan fingerprint density at radius 1 is 1.20 bits per heavy atom. The number of hydrogen-bond donors (Lipinski definition) is 0. The van der Waals surface area contributed by atoms with E-state index >= 15 is 0 Å². The highest BCUT2D eigenvalue weighted by Crippen LogP contribution is 2.21. The number of nitrogens with zero attached hydrogens (tertiary/aromatic N) is 7. The topological polar surface area (TPSA) is 121 Å². The van der Waals surface area contributed by atoms with Crippen LogP contribution >= 0.6 is 11.8 Å². The van der Waals surface area contributed by atoms with Gasteiger partial charge in [-0.25, -0.2) is 0 Å². The Morgan fingerprint density at radius 3 is 2.76 bits per heavy atom. The van der Waals surface area contributed by atoms with Gasteiger partial charge < -0.3 is 0 Å². The second-order valence-electron chi connectivity index (χ2n) is 4.98. The van der Waals surface area contributed by atoms with Crippen molar-refractivity contribution in [2.24, 2.45) is 0 Å². The molecule has 0 saturated carbocycles. The molecule has 0 fully saturated rings. The first-order valence-corrected chi connectivity index (χ1v) is 8.25. The average Bonchev–Trinajstić information content (AvgIpc) is 3.06. The van der Waals surface area contributed by atoms with Crippen molar-refractivity contribution in [3.05, 3.63) is 57.0 Å². The van der Waals surface area contributed by atoms with Crippen molar-refractivity contribution in [2.75, 3.05) is 6.26 Å². The first-order chi connectivity index (χ1) is 12.1. The number of hydrogen-bond acceptors (Lipinski definition) is 8. The fourth-order valence-corrected chi connectivity index (χ4v) is 2.82. The molecule has 0 radical (unpaired) electrons. The van der Waals surface area contributed by atoms with Gasteiger partial charge in [-0.15, -0.1) is 15.3 Å². The monoisotopic (exact) mass is 355 g/mol. The fourth-order valence-electron chi connectivity index (χ4n) is 2.49. The van der Waals surface area contributed by atoms with Gasteiger partial charge in [0, 0.05) is 12.3 Å². The molecule has 0 unspecified atom stereocenters. The molecule has 0 aliphatic rings. The first-order valence-electron chi connectivity index (χ1n) is 7.03. The lowest BCUT2D eigenvalue weighted by molar-refractivity contribution is -0.384. The molecule has 3 aromatic heterocycles. The normalized spacial score (nSPS) is 11.2. The highest BCUT2D eigenvalue weighted by atomic mass is 32.2. The highest BCUT2D eigenvalue weighted by molar-refractivity contribution is 7.98. The van der Waals surface area contributed by atoms with Gasteiger partial charge in [0.2, 0.25) is 5.16 Å². The number of aromatic nitrogens is 6. The van der Waals surface area contributed by atoms with Crippen LogP contribution in [0.3, 0.4) is 0 Å². The van der Waals surface area contributed by atoms with Gasteiger partial charge in [-0.1, -0.05) is 23.9 Å². The van der Waals surface area contributed by atoms with Crippen molar-refractivity contribution < 1.29 is 4.92 Å². The lowest BCUT2D eigenvalue weighted by atomic mass is 10.2. The van der Waals surface area contributed by atoms with Crippen LogP contribution in [0.2, 0.25) is 0 Å². The van der Waals surface area contributed by atoms with E-state index in [-0.39, 0.29) is 22.7 Å². The molecular formula is C14H9N7O3S. The van der Waals surface area contributed by atoms with Crippen molar-refractivity contribution in [2.45, 2.75) is 5.16 Å². The molecule has 10 nitrogen and oxygen atoms in total. The van der Waals surface area contributed by atoms with Crippen LogP contribution in [0, 0.1) is 10.1 Å². The van der Waals surface area contributed by atoms with Crippen LogP contribution in [0.1, 0.15) is 0 Å². The highest BCUT2D eigenvalue weighted by Gasteiger charge is 2.18. The van der Waals surface area contributed by atoms with Gasteiger partial charge in [0.25, 0.3) is 17.0 Å².